The summed E-state index contributed by atoms with van der Waals surface area (Å²) in [6.07, 6.45) is 0. The van der Waals surface area contributed by atoms with E-state index in [0.717, 1.165) is 6.54 Å². The van der Waals surface area contributed by atoms with E-state index in [2.05, 4.69) is 10.7 Å². The van der Waals surface area contributed by atoms with Gasteiger partial charge in [-0.25, -0.2) is 0 Å². The lowest BCUT2D eigenvalue weighted by Gasteiger charge is -2.16. The van der Waals surface area contributed by atoms with Crippen LogP contribution in [0.4, 0.5) is 11.4 Å². The zero-order chi connectivity index (χ0) is 14.5. The normalized spacial score (nSPS) is 10.8. The maximum absolute atomic E-state index is 12.0. The van der Waals surface area contributed by atoms with Gasteiger partial charge in [-0.15, -0.1) is 0 Å². The quantitative estimate of drug-likeness (QED) is 0.835. The summed E-state index contributed by atoms with van der Waals surface area (Å²) in [4.78, 5) is 13.9. The molecule has 6 heteroatoms. The molecule has 2 rings (SSSR count). The molecule has 0 saturated heterocycles. The molecule has 1 amide bonds. The molecular formula is C14H16ClN3OS. The Hall–Kier alpha value is -1.56. The van der Waals surface area contributed by atoms with Crippen LogP contribution >= 0.6 is 22.9 Å². The number of benzene rings is 1. The lowest BCUT2D eigenvalue weighted by molar-refractivity contribution is -0.117. The number of nitrogens with zero attached hydrogens (tertiary/aromatic N) is 1. The molecule has 3 N–H and O–H groups in total. The molecule has 0 atom stereocenters. The van der Waals surface area contributed by atoms with Crippen LogP contribution in [0.2, 0.25) is 5.02 Å². The Labute approximate surface area is 127 Å². The van der Waals surface area contributed by atoms with Crippen molar-refractivity contribution in [2.24, 2.45) is 0 Å². The third-order valence-electron chi connectivity index (χ3n) is 2.74. The van der Waals surface area contributed by atoms with Crippen molar-refractivity contribution in [2.75, 3.05) is 24.6 Å². The van der Waals surface area contributed by atoms with E-state index in [0.29, 0.717) is 22.9 Å². The van der Waals surface area contributed by atoms with E-state index in [1.165, 1.54) is 5.56 Å². The van der Waals surface area contributed by atoms with Gasteiger partial charge in [0, 0.05) is 11.6 Å². The maximum Gasteiger partial charge on any atom is 0.238 e. The van der Waals surface area contributed by atoms with Crippen LogP contribution in [0.3, 0.4) is 0 Å². The number of hydrogen-bond donors (Lipinski definition) is 2. The number of anilines is 2. The monoisotopic (exact) mass is 309 g/mol. The van der Waals surface area contributed by atoms with Crippen LogP contribution in [0.25, 0.3) is 0 Å². The van der Waals surface area contributed by atoms with E-state index in [4.69, 9.17) is 17.3 Å². The van der Waals surface area contributed by atoms with Gasteiger partial charge >= 0.3 is 0 Å². The smallest absolute Gasteiger partial charge is 0.238 e. The second kappa shape index (κ2) is 6.74. The number of carbonyl (C=O) groups excluding carboxylic acids is 1. The van der Waals surface area contributed by atoms with E-state index < -0.39 is 0 Å². The van der Waals surface area contributed by atoms with Crippen LogP contribution in [-0.2, 0) is 11.3 Å². The van der Waals surface area contributed by atoms with Crippen molar-refractivity contribution >= 4 is 40.2 Å². The fourth-order valence-corrected chi connectivity index (χ4v) is 2.65. The Morgan fingerprint density at radius 2 is 2.25 bits per heavy atom. The summed E-state index contributed by atoms with van der Waals surface area (Å²) in [5.74, 6) is -0.114. The van der Waals surface area contributed by atoms with Crippen LogP contribution in [0.5, 0.6) is 0 Å². The first-order valence-electron chi connectivity index (χ1n) is 6.09. The van der Waals surface area contributed by atoms with Crippen molar-refractivity contribution in [3.05, 3.63) is 45.6 Å². The Bertz CT molecular complexity index is 586. The summed E-state index contributed by atoms with van der Waals surface area (Å²) >= 11 is 7.53. The molecule has 106 valence electrons. The fraction of sp³-hybridized carbons (Fsp3) is 0.214. The number of halogens is 1. The Morgan fingerprint density at radius 3 is 2.95 bits per heavy atom. The lowest BCUT2D eigenvalue weighted by atomic mass is 10.2. The number of rotatable bonds is 5. The molecule has 1 aromatic carbocycles. The number of likely N-dealkylation sites (N-methyl/N-ethyl adjacent to an activating group) is 1. The van der Waals surface area contributed by atoms with Crippen molar-refractivity contribution in [2.45, 2.75) is 6.54 Å². The fourth-order valence-electron chi connectivity index (χ4n) is 1.82. The highest BCUT2D eigenvalue weighted by Gasteiger charge is 2.09. The van der Waals surface area contributed by atoms with E-state index in [-0.39, 0.29) is 5.91 Å². The average Bonchev–Trinajstić information content (AvgIpc) is 2.86. The molecule has 0 bridgehead atoms. The van der Waals surface area contributed by atoms with Crippen molar-refractivity contribution in [3.63, 3.8) is 0 Å². The summed E-state index contributed by atoms with van der Waals surface area (Å²) in [6.45, 7) is 1.03. The Balaban J connectivity index is 1.90. The van der Waals surface area contributed by atoms with Gasteiger partial charge in [0.15, 0.2) is 0 Å². The number of thiophene rings is 1. The number of nitrogen functional groups attached to an aromatic ring is 1. The second-order valence-electron chi connectivity index (χ2n) is 4.58. The average molecular weight is 310 g/mol. The van der Waals surface area contributed by atoms with Crippen molar-refractivity contribution in [3.8, 4) is 0 Å². The summed E-state index contributed by atoms with van der Waals surface area (Å²) in [6, 6.07) is 7.06. The van der Waals surface area contributed by atoms with Gasteiger partial charge in [0.05, 0.1) is 17.9 Å². The number of nitrogens with two attached hydrogens (primary N) is 1. The number of carbonyl (C=O) groups is 1. The first-order valence-corrected chi connectivity index (χ1v) is 7.41. The van der Waals surface area contributed by atoms with E-state index in [9.17, 15) is 4.79 Å². The van der Waals surface area contributed by atoms with Gasteiger partial charge in [0.25, 0.3) is 0 Å². The molecule has 4 nitrogen and oxygen atoms in total. The minimum absolute atomic E-state index is 0.114. The molecule has 2 aromatic rings. The topological polar surface area (TPSA) is 58.4 Å². The van der Waals surface area contributed by atoms with Gasteiger partial charge in [-0.1, -0.05) is 11.6 Å². The van der Waals surface area contributed by atoms with Crippen LogP contribution < -0.4 is 11.1 Å². The standard InChI is InChI=1S/C14H16ClN3OS/c1-18(7-10-4-5-20-9-10)8-14(19)17-13-6-11(15)2-3-12(13)16/h2-6,9H,7-8,16H2,1H3,(H,17,19). The minimum Gasteiger partial charge on any atom is -0.397 e. The number of amides is 1. The van der Waals surface area contributed by atoms with Crippen LogP contribution in [0.15, 0.2) is 35.0 Å². The first-order chi connectivity index (χ1) is 9.54. The molecular weight excluding hydrogens is 294 g/mol. The predicted molar refractivity (Wildman–Crippen MR) is 85.1 cm³/mol. The first kappa shape index (κ1) is 14.8. The lowest BCUT2D eigenvalue weighted by Crippen LogP contribution is -2.29. The molecule has 0 saturated carbocycles. The summed E-state index contributed by atoms with van der Waals surface area (Å²) in [5.41, 5.74) is 8.04. The molecule has 1 heterocycles. The molecule has 0 unspecified atom stereocenters. The zero-order valence-electron chi connectivity index (χ0n) is 11.1. The SMILES string of the molecule is CN(CC(=O)Nc1cc(Cl)ccc1N)Cc1ccsc1. The largest absolute Gasteiger partial charge is 0.397 e. The van der Waals surface area contributed by atoms with Crippen molar-refractivity contribution in [1.82, 2.24) is 4.90 Å². The predicted octanol–water partition coefficient (Wildman–Crippen LogP) is 3.05. The van der Waals surface area contributed by atoms with Crippen LogP contribution in [-0.4, -0.2) is 24.4 Å². The van der Waals surface area contributed by atoms with Gasteiger partial charge < -0.3 is 11.1 Å². The highest BCUT2D eigenvalue weighted by molar-refractivity contribution is 7.07. The summed E-state index contributed by atoms with van der Waals surface area (Å²) in [7, 11) is 1.90. The third-order valence-corrected chi connectivity index (χ3v) is 3.70. The van der Waals surface area contributed by atoms with Gasteiger partial charge in [0.1, 0.15) is 0 Å². The van der Waals surface area contributed by atoms with Gasteiger partial charge in [-0.3, -0.25) is 9.69 Å². The van der Waals surface area contributed by atoms with Gasteiger partial charge in [0.2, 0.25) is 5.91 Å². The molecule has 0 aliphatic heterocycles. The molecule has 0 radical (unpaired) electrons. The van der Waals surface area contributed by atoms with E-state index in [1.54, 1.807) is 29.5 Å². The Kier molecular flexibility index (Phi) is 5.00. The highest BCUT2D eigenvalue weighted by atomic mass is 35.5. The molecule has 0 aliphatic carbocycles. The van der Waals surface area contributed by atoms with Crippen LogP contribution in [0, 0.1) is 0 Å². The van der Waals surface area contributed by atoms with Gasteiger partial charge in [-0.2, -0.15) is 11.3 Å². The molecule has 0 fully saturated rings. The molecule has 0 aliphatic rings. The minimum atomic E-state index is -0.114. The molecule has 20 heavy (non-hydrogen) atoms. The maximum atomic E-state index is 12.0. The molecule has 0 spiro atoms. The van der Waals surface area contributed by atoms with Gasteiger partial charge in [-0.05, 0) is 47.6 Å². The second-order valence-corrected chi connectivity index (χ2v) is 5.80. The zero-order valence-corrected chi connectivity index (χ0v) is 12.7. The highest BCUT2D eigenvalue weighted by Crippen LogP contribution is 2.22. The van der Waals surface area contributed by atoms with E-state index >= 15 is 0 Å². The summed E-state index contributed by atoms with van der Waals surface area (Å²) in [5, 5.41) is 7.41. The van der Waals surface area contributed by atoms with E-state index in [1.807, 2.05) is 23.4 Å². The number of hydrogen-bond acceptors (Lipinski definition) is 4. The van der Waals surface area contributed by atoms with Crippen LogP contribution in [0.1, 0.15) is 5.56 Å². The Morgan fingerprint density at radius 1 is 1.45 bits per heavy atom. The summed E-state index contributed by atoms with van der Waals surface area (Å²) < 4.78 is 0. The molecule has 1 aromatic heterocycles. The van der Waals surface area contributed by atoms with Crippen molar-refractivity contribution < 1.29 is 4.79 Å². The van der Waals surface area contributed by atoms with Crippen molar-refractivity contribution in [1.29, 1.82) is 0 Å². The third kappa shape index (κ3) is 4.23. The number of nitrogens with one attached hydrogen (secondary N) is 1.